The van der Waals surface area contributed by atoms with Gasteiger partial charge in [-0.05, 0) is 26.8 Å². The van der Waals surface area contributed by atoms with E-state index in [1.807, 2.05) is 0 Å². The lowest BCUT2D eigenvalue weighted by Gasteiger charge is -2.23. The van der Waals surface area contributed by atoms with Gasteiger partial charge in [0.15, 0.2) is 5.96 Å². The summed E-state index contributed by atoms with van der Waals surface area (Å²) < 4.78 is 10.3. The molecule has 0 fully saturated rings. The van der Waals surface area contributed by atoms with Gasteiger partial charge >= 0.3 is 0 Å². The first-order valence-electron chi connectivity index (χ1n) is 7.87. The minimum Gasteiger partial charge on any atom is -0.382 e. The first-order valence-corrected chi connectivity index (χ1v) is 7.87. The van der Waals surface area contributed by atoms with Gasteiger partial charge in [-0.3, -0.25) is 4.99 Å². The predicted molar refractivity (Wildman–Crippen MR) is 89.1 cm³/mol. The van der Waals surface area contributed by atoms with Crippen LogP contribution in [0, 0.1) is 0 Å². The lowest BCUT2D eigenvalue weighted by Crippen LogP contribution is -2.42. The van der Waals surface area contributed by atoms with Gasteiger partial charge in [0, 0.05) is 46.4 Å². The van der Waals surface area contributed by atoms with Crippen LogP contribution < -0.4 is 10.6 Å². The maximum absolute atomic E-state index is 5.41. The molecule has 0 saturated carbocycles. The van der Waals surface area contributed by atoms with Gasteiger partial charge < -0.3 is 25.0 Å². The number of hydrogen-bond acceptors (Lipinski definition) is 4. The zero-order valence-electron chi connectivity index (χ0n) is 14.4. The summed E-state index contributed by atoms with van der Waals surface area (Å²) in [6, 6.07) is 0.617. The Morgan fingerprint density at radius 3 is 2.52 bits per heavy atom. The molecule has 6 nitrogen and oxygen atoms in total. The normalized spacial score (nSPS) is 13.5. The van der Waals surface area contributed by atoms with E-state index >= 15 is 0 Å². The number of hydrogen-bond donors (Lipinski definition) is 2. The fourth-order valence-electron chi connectivity index (χ4n) is 1.73. The Morgan fingerprint density at radius 2 is 1.90 bits per heavy atom. The number of methoxy groups -OCH3 is 1. The minimum absolute atomic E-state index is 0.617. The summed E-state index contributed by atoms with van der Waals surface area (Å²) in [7, 11) is 5.63. The van der Waals surface area contributed by atoms with Gasteiger partial charge in [0.25, 0.3) is 0 Å². The number of rotatable bonds is 12. The average molecular weight is 302 g/mol. The lowest BCUT2D eigenvalue weighted by atomic mass is 10.2. The van der Waals surface area contributed by atoms with Crippen LogP contribution in [0.15, 0.2) is 4.99 Å². The van der Waals surface area contributed by atoms with Crippen LogP contribution in [0.5, 0.6) is 0 Å². The average Bonchev–Trinajstić information content (AvgIpc) is 2.51. The lowest BCUT2D eigenvalue weighted by molar-refractivity contribution is 0.0698. The van der Waals surface area contributed by atoms with Crippen molar-refractivity contribution >= 4 is 5.96 Å². The van der Waals surface area contributed by atoms with Crippen LogP contribution >= 0.6 is 0 Å². The van der Waals surface area contributed by atoms with Crippen molar-refractivity contribution in [2.45, 2.75) is 32.7 Å². The Balaban J connectivity index is 3.59. The molecule has 0 radical (unpaired) electrons. The molecule has 0 saturated heterocycles. The standard InChI is InChI=1S/C15H34N4O2/c1-6-14(2)19(4)10-9-18-15(16-3)17-8-7-11-21-13-12-20-5/h14H,6-13H2,1-5H3,(H2,16,17,18). The number of guanidine groups is 1. The predicted octanol–water partition coefficient (Wildman–Crippen LogP) is 0.935. The summed E-state index contributed by atoms with van der Waals surface area (Å²) in [4.78, 5) is 6.56. The molecule has 0 aliphatic rings. The van der Waals surface area contributed by atoms with Gasteiger partial charge in [0.05, 0.1) is 13.2 Å². The molecule has 0 aliphatic heterocycles. The number of likely N-dealkylation sites (N-methyl/N-ethyl adjacent to an activating group) is 1. The molecule has 0 rings (SSSR count). The molecule has 0 aromatic rings. The second kappa shape index (κ2) is 14.1. The molecular weight excluding hydrogens is 268 g/mol. The summed E-state index contributed by atoms with van der Waals surface area (Å²) in [5.74, 6) is 0.851. The summed E-state index contributed by atoms with van der Waals surface area (Å²) in [6.45, 7) is 9.27. The summed E-state index contributed by atoms with van der Waals surface area (Å²) in [6.07, 6.45) is 2.13. The third kappa shape index (κ3) is 11.5. The zero-order chi connectivity index (χ0) is 15.9. The van der Waals surface area contributed by atoms with Gasteiger partial charge in [-0.25, -0.2) is 0 Å². The maximum Gasteiger partial charge on any atom is 0.191 e. The minimum atomic E-state index is 0.617. The van der Waals surface area contributed by atoms with Gasteiger partial charge in [0.1, 0.15) is 0 Å². The first kappa shape index (κ1) is 20.1. The summed E-state index contributed by atoms with van der Waals surface area (Å²) in [5, 5.41) is 6.61. The highest BCUT2D eigenvalue weighted by Crippen LogP contribution is 1.97. The van der Waals surface area contributed by atoms with Crippen molar-refractivity contribution in [3.8, 4) is 0 Å². The van der Waals surface area contributed by atoms with Crippen molar-refractivity contribution in [2.75, 3.05) is 60.7 Å². The van der Waals surface area contributed by atoms with Crippen LogP contribution in [0.4, 0.5) is 0 Å². The van der Waals surface area contributed by atoms with Crippen molar-refractivity contribution in [3.63, 3.8) is 0 Å². The van der Waals surface area contributed by atoms with E-state index in [1.54, 1.807) is 14.2 Å². The molecule has 0 heterocycles. The number of nitrogens with one attached hydrogen (secondary N) is 2. The molecular formula is C15H34N4O2. The van der Waals surface area contributed by atoms with Crippen LogP contribution in [-0.4, -0.2) is 77.6 Å². The van der Waals surface area contributed by atoms with Crippen molar-refractivity contribution in [3.05, 3.63) is 0 Å². The van der Waals surface area contributed by atoms with Gasteiger partial charge in [-0.2, -0.15) is 0 Å². The van der Waals surface area contributed by atoms with Crippen molar-refractivity contribution < 1.29 is 9.47 Å². The molecule has 0 amide bonds. The van der Waals surface area contributed by atoms with E-state index in [-0.39, 0.29) is 0 Å². The smallest absolute Gasteiger partial charge is 0.191 e. The van der Waals surface area contributed by atoms with Crippen LogP contribution in [-0.2, 0) is 9.47 Å². The van der Waals surface area contributed by atoms with E-state index < -0.39 is 0 Å². The monoisotopic (exact) mass is 302 g/mol. The van der Waals surface area contributed by atoms with Crippen LogP contribution in [0.1, 0.15) is 26.7 Å². The third-order valence-corrected chi connectivity index (χ3v) is 3.51. The van der Waals surface area contributed by atoms with Crippen molar-refractivity contribution in [1.82, 2.24) is 15.5 Å². The summed E-state index contributed by atoms with van der Waals surface area (Å²) in [5.41, 5.74) is 0. The Labute approximate surface area is 130 Å². The van der Waals surface area contributed by atoms with E-state index in [1.165, 1.54) is 6.42 Å². The molecule has 0 spiro atoms. The maximum atomic E-state index is 5.41. The second-order valence-corrected chi connectivity index (χ2v) is 5.12. The van der Waals surface area contributed by atoms with Crippen molar-refractivity contribution in [1.29, 1.82) is 0 Å². The number of nitrogens with zero attached hydrogens (tertiary/aromatic N) is 2. The molecule has 6 heteroatoms. The molecule has 21 heavy (non-hydrogen) atoms. The van der Waals surface area contributed by atoms with Gasteiger partial charge in [-0.15, -0.1) is 0 Å². The molecule has 0 aliphatic carbocycles. The second-order valence-electron chi connectivity index (χ2n) is 5.12. The Hall–Kier alpha value is -0.850. The summed E-state index contributed by atoms with van der Waals surface area (Å²) >= 11 is 0. The molecule has 0 aromatic carbocycles. The molecule has 0 aromatic heterocycles. The first-order chi connectivity index (χ1) is 10.2. The van der Waals surface area contributed by atoms with Crippen LogP contribution in [0.3, 0.4) is 0 Å². The number of ether oxygens (including phenoxy) is 2. The fraction of sp³-hybridized carbons (Fsp3) is 0.933. The van der Waals surface area contributed by atoms with Crippen LogP contribution in [0.2, 0.25) is 0 Å². The fourth-order valence-corrected chi connectivity index (χ4v) is 1.73. The Kier molecular flexibility index (Phi) is 13.5. The Bertz CT molecular complexity index is 262. The van der Waals surface area contributed by atoms with Gasteiger partial charge in [0.2, 0.25) is 0 Å². The Morgan fingerprint density at radius 1 is 1.19 bits per heavy atom. The van der Waals surface area contributed by atoms with E-state index in [9.17, 15) is 0 Å². The highest BCUT2D eigenvalue weighted by molar-refractivity contribution is 5.79. The van der Waals surface area contributed by atoms with Gasteiger partial charge in [-0.1, -0.05) is 6.92 Å². The largest absolute Gasteiger partial charge is 0.382 e. The molecule has 1 atom stereocenters. The highest BCUT2D eigenvalue weighted by atomic mass is 16.5. The molecule has 126 valence electrons. The van der Waals surface area contributed by atoms with E-state index in [4.69, 9.17) is 9.47 Å². The van der Waals surface area contributed by atoms with Crippen molar-refractivity contribution in [2.24, 2.45) is 4.99 Å². The number of aliphatic imine (C=N–C) groups is 1. The SMILES string of the molecule is CCC(C)N(C)CCNC(=NC)NCCCOCCOC. The topological polar surface area (TPSA) is 58.1 Å². The zero-order valence-corrected chi connectivity index (χ0v) is 14.4. The van der Waals surface area contributed by atoms with E-state index in [0.717, 1.165) is 38.6 Å². The van der Waals surface area contributed by atoms with Crippen LogP contribution in [0.25, 0.3) is 0 Å². The third-order valence-electron chi connectivity index (χ3n) is 3.51. The highest BCUT2D eigenvalue weighted by Gasteiger charge is 2.06. The molecule has 0 bridgehead atoms. The molecule has 1 unspecified atom stereocenters. The van der Waals surface area contributed by atoms with E-state index in [2.05, 4.69) is 41.4 Å². The van der Waals surface area contributed by atoms with E-state index in [0.29, 0.717) is 19.3 Å². The molecule has 2 N–H and O–H groups in total. The quantitative estimate of drug-likeness (QED) is 0.319.